The van der Waals surface area contributed by atoms with Crippen molar-refractivity contribution in [3.05, 3.63) is 52.6 Å². The molecule has 2 aromatic rings. The van der Waals surface area contributed by atoms with Gasteiger partial charge in [-0.15, -0.1) is 0 Å². The Morgan fingerprint density at radius 3 is 3.06 bits per heavy atom. The standard InChI is InChI=1S/C12H11ClN2O/c13-8-1-2-9-7(5-8)6-10(11(9)16)12-14-3-4-15-12/h1-5,10-11,16H,6H2,(H,14,15). The normalized spacial score (nSPS) is 23.4. The van der Waals surface area contributed by atoms with Crippen LogP contribution in [-0.4, -0.2) is 15.1 Å². The Balaban J connectivity index is 2.00. The number of aromatic nitrogens is 2. The minimum atomic E-state index is -0.488. The van der Waals surface area contributed by atoms with Crippen molar-refractivity contribution in [2.45, 2.75) is 18.4 Å². The lowest BCUT2D eigenvalue weighted by atomic mass is 10.0. The average molecular weight is 235 g/mol. The minimum absolute atomic E-state index is 0.0171. The summed E-state index contributed by atoms with van der Waals surface area (Å²) in [4.78, 5) is 7.26. The lowest BCUT2D eigenvalue weighted by Gasteiger charge is -2.11. The molecule has 0 aliphatic heterocycles. The second-order valence-electron chi connectivity index (χ2n) is 4.07. The van der Waals surface area contributed by atoms with E-state index in [1.807, 2.05) is 18.2 Å². The summed E-state index contributed by atoms with van der Waals surface area (Å²) in [7, 11) is 0. The van der Waals surface area contributed by atoms with Crippen molar-refractivity contribution < 1.29 is 5.11 Å². The van der Waals surface area contributed by atoms with Gasteiger partial charge in [-0.05, 0) is 29.7 Å². The van der Waals surface area contributed by atoms with Crippen LogP contribution in [0.1, 0.15) is 29.0 Å². The number of imidazole rings is 1. The zero-order valence-electron chi connectivity index (χ0n) is 8.52. The average Bonchev–Trinajstić information content (AvgIpc) is 2.86. The largest absolute Gasteiger partial charge is 0.388 e. The summed E-state index contributed by atoms with van der Waals surface area (Å²) >= 11 is 5.94. The highest BCUT2D eigenvalue weighted by atomic mass is 35.5. The van der Waals surface area contributed by atoms with Gasteiger partial charge in [0.2, 0.25) is 0 Å². The Morgan fingerprint density at radius 2 is 2.31 bits per heavy atom. The van der Waals surface area contributed by atoms with Gasteiger partial charge in [-0.1, -0.05) is 17.7 Å². The van der Waals surface area contributed by atoms with Crippen LogP contribution in [0, 0.1) is 0 Å². The van der Waals surface area contributed by atoms with E-state index in [4.69, 9.17) is 11.6 Å². The van der Waals surface area contributed by atoms with Crippen LogP contribution in [0.2, 0.25) is 5.02 Å². The number of hydrogen-bond acceptors (Lipinski definition) is 2. The van der Waals surface area contributed by atoms with E-state index in [2.05, 4.69) is 9.97 Å². The van der Waals surface area contributed by atoms with E-state index in [0.717, 1.165) is 23.4 Å². The van der Waals surface area contributed by atoms with E-state index < -0.39 is 6.10 Å². The molecule has 0 spiro atoms. The number of halogens is 1. The van der Waals surface area contributed by atoms with E-state index in [0.29, 0.717) is 5.02 Å². The first-order valence-electron chi connectivity index (χ1n) is 5.21. The molecule has 82 valence electrons. The molecule has 2 atom stereocenters. The molecule has 4 heteroatoms. The van der Waals surface area contributed by atoms with Gasteiger partial charge in [0.1, 0.15) is 5.82 Å². The first-order chi connectivity index (χ1) is 7.75. The zero-order valence-corrected chi connectivity index (χ0v) is 9.28. The van der Waals surface area contributed by atoms with Gasteiger partial charge in [0.05, 0.1) is 12.0 Å². The maximum absolute atomic E-state index is 10.2. The van der Waals surface area contributed by atoms with Crippen molar-refractivity contribution in [1.29, 1.82) is 0 Å². The first-order valence-corrected chi connectivity index (χ1v) is 5.59. The van der Waals surface area contributed by atoms with Gasteiger partial charge in [-0.25, -0.2) is 4.98 Å². The van der Waals surface area contributed by atoms with Crippen molar-refractivity contribution in [3.63, 3.8) is 0 Å². The van der Waals surface area contributed by atoms with Crippen molar-refractivity contribution in [3.8, 4) is 0 Å². The maximum atomic E-state index is 10.2. The third-order valence-electron chi connectivity index (χ3n) is 3.12. The minimum Gasteiger partial charge on any atom is -0.388 e. The molecular formula is C12H11ClN2O. The van der Waals surface area contributed by atoms with E-state index in [9.17, 15) is 5.11 Å². The summed E-state index contributed by atoms with van der Waals surface area (Å²) in [6, 6.07) is 5.63. The number of aliphatic hydroxyl groups is 1. The Morgan fingerprint density at radius 1 is 1.44 bits per heavy atom. The summed E-state index contributed by atoms with van der Waals surface area (Å²) in [6.45, 7) is 0. The summed E-state index contributed by atoms with van der Waals surface area (Å²) in [5.41, 5.74) is 2.08. The molecule has 1 aromatic heterocycles. The van der Waals surface area contributed by atoms with E-state index in [-0.39, 0.29) is 5.92 Å². The van der Waals surface area contributed by atoms with Crippen LogP contribution in [0.25, 0.3) is 0 Å². The molecule has 16 heavy (non-hydrogen) atoms. The number of aliphatic hydroxyl groups excluding tert-OH is 1. The van der Waals surface area contributed by atoms with E-state index in [1.165, 1.54) is 0 Å². The molecule has 1 heterocycles. The molecule has 1 aliphatic rings. The Labute approximate surface area is 98.1 Å². The Hall–Kier alpha value is -1.32. The number of fused-ring (bicyclic) bond motifs is 1. The third kappa shape index (κ3) is 1.44. The molecule has 0 saturated heterocycles. The lowest BCUT2D eigenvalue weighted by Crippen LogP contribution is -2.06. The van der Waals surface area contributed by atoms with Gasteiger partial charge in [0.15, 0.2) is 0 Å². The number of aromatic amines is 1. The van der Waals surface area contributed by atoms with Gasteiger partial charge < -0.3 is 10.1 Å². The van der Waals surface area contributed by atoms with E-state index in [1.54, 1.807) is 12.4 Å². The molecule has 0 saturated carbocycles. The number of rotatable bonds is 1. The molecule has 3 nitrogen and oxygen atoms in total. The van der Waals surface area contributed by atoms with Crippen LogP contribution < -0.4 is 0 Å². The molecule has 0 radical (unpaired) electrons. The molecule has 1 aromatic carbocycles. The summed E-state index contributed by atoms with van der Waals surface area (Å²) in [5.74, 6) is 0.850. The highest BCUT2D eigenvalue weighted by molar-refractivity contribution is 6.30. The number of benzene rings is 1. The van der Waals surface area contributed by atoms with Crippen LogP contribution in [0.3, 0.4) is 0 Å². The Kier molecular flexibility index (Phi) is 2.23. The Bertz CT molecular complexity index is 510. The molecule has 0 amide bonds. The van der Waals surface area contributed by atoms with Crippen molar-refractivity contribution in [2.24, 2.45) is 0 Å². The predicted octanol–water partition coefficient (Wildman–Crippen LogP) is 2.44. The van der Waals surface area contributed by atoms with Gasteiger partial charge >= 0.3 is 0 Å². The summed E-state index contributed by atoms with van der Waals surface area (Å²) in [6.07, 6.45) is 3.78. The smallest absolute Gasteiger partial charge is 0.112 e. The highest BCUT2D eigenvalue weighted by Gasteiger charge is 2.33. The molecule has 0 bridgehead atoms. The van der Waals surface area contributed by atoms with Crippen molar-refractivity contribution in [2.75, 3.05) is 0 Å². The number of nitrogens with one attached hydrogen (secondary N) is 1. The fourth-order valence-corrected chi connectivity index (χ4v) is 2.53. The van der Waals surface area contributed by atoms with E-state index >= 15 is 0 Å². The van der Waals surface area contributed by atoms with Crippen LogP contribution in [0.4, 0.5) is 0 Å². The first kappa shape index (κ1) is 9.87. The topological polar surface area (TPSA) is 48.9 Å². The van der Waals surface area contributed by atoms with Crippen LogP contribution >= 0.6 is 11.6 Å². The SMILES string of the molecule is OC1c2ccc(Cl)cc2CC1c1ncc[nH]1. The molecule has 0 fully saturated rings. The highest BCUT2D eigenvalue weighted by Crippen LogP contribution is 2.41. The monoisotopic (exact) mass is 234 g/mol. The summed E-state index contributed by atoms with van der Waals surface area (Å²) < 4.78 is 0. The number of hydrogen-bond donors (Lipinski definition) is 2. The van der Waals surface area contributed by atoms with Gasteiger partial charge in [-0.2, -0.15) is 0 Å². The van der Waals surface area contributed by atoms with Gasteiger partial charge in [0, 0.05) is 17.4 Å². The zero-order chi connectivity index (χ0) is 11.1. The molecule has 2 unspecified atom stereocenters. The van der Waals surface area contributed by atoms with Gasteiger partial charge in [0.25, 0.3) is 0 Å². The van der Waals surface area contributed by atoms with Crippen molar-refractivity contribution in [1.82, 2.24) is 9.97 Å². The molecular weight excluding hydrogens is 224 g/mol. The number of nitrogens with zero attached hydrogens (tertiary/aromatic N) is 1. The fourth-order valence-electron chi connectivity index (χ4n) is 2.33. The molecule has 2 N–H and O–H groups in total. The van der Waals surface area contributed by atoms with Crippen LogP contribution in [0.5, 0.6) is 0 Å². The number of H-pyrrole nitrogens is 1. The lowest BCUT2D eigenvalue weighted by molar-refractivity contribution is 0.154. The third-order valence-corrected chi connectivity index (χ3v) is 3.35. The predicted molar refractivity (Wildman–Crippen MR) is 61.4 cm³/mol. The van der Waals surface area contributed by atoms with Crippen LogP contribution in [0.15, 0.2) is 30.6 Å². The van der Waals surface area contributed by atoms with Gasteiger partial charge in [-0.3, -0.25) is 0 Å². The maximum Gasteiger partial charge on any atom is 0.112 e. The quantitative estimate of drug-likeness (QED) is 0.796. The van der Waals surface area contributed by atoms with Crippen LogP contribution in [-0.2, 0) is 6.42 Å². The fraction of sp³-hybridized carbons (Fsp3) is 0.250. The second kappa shape index (κ2) is 3.61. The summed E-state index contributed by atoms with van der Waals surface area (Å²) in [5, 5.41) is 10.9. The molecule has 3 rings (SSSR count). The second-order valence-corrected chi connectivity index (χ2v) is 4.51. The molecule has 1 aliphatic carbocycles. The van der Waals surface area contributed by atoms with Crippen molar-refractivity contribution >= 4 is 11.6 Å².